The van der Waals surface area contributed by atoms with Gasteiger partial charge in [0, 0.05) is 40.2 Å². The second-order valence-electron chi connectivity index (χ2n) is 12.9. The molecule has 0 saturated carbocycles. The number of hydrogen-bond acceptors (Lipinski definition) is 4. The van der Waals surface area contributed by atoms with Gasteiger partial charge in [-0.2, -0.15) is 0 Å². The molecule has 52 heavy (non-hydrogen) atoms. The highest BCUT2D eigenvalue weighted by molar-refractivity contribution is 6.12. The molecule has 2 aromatic heterocycles. The van der Waals surface area contributed by atoms with E-state index in [1.807, 2.05) is 67.0 Å². The SMILES string of the molecule is c1ccc(Oc2ccc(N(c3ccc(-c4ccncc4)cc3)c3ccc(-c4ccc5c(c4)-n4c6ccccc6c6cccc(c64)O5)cc3)cc2)cc1. The van der Waals surface area contributed by atoms with Gasteiger partial charge in [0.25, 0.3) is 0 Å². The molecule has 0 bridgehead atoms. The molecule has 0 radical (unpaired) electrons. The van der Waals surface area contributed by atoms with Crippen molar-refractivity contribution >= 4 is 38.9 Å². The van der Waals surface area contributed by atoms with Crippen molar-refractivity contribution in [1.29, 1.82) is 0 Å². The monoisotopic (exact) mass is 669 g/mol. The zero-order valence-electron chi connectivity index (χ0n) is 28.1. The van der Waals surface area contributed by atoms with Crippen molar-refractivity contribution in [1.82, 2.24) is 9.55 Å². The van der Waals surface area contributed by atoms with E-state index in [1.54, 1.807) is 0 Å². The van der Waals surface area contributed by atoms with Crippen LogP contribution in [0, 0.1) is 0 Å². The molecule has 0 spiro atoms. The van der Waals surface area contributed by atoms with E-state index in [9.17, 15) is 0 Å². The third-order valence-electron chi connectivity index (χ3n) is 9.75. The first kappa shape index (κ1) is 29.8. The van der Waals surface area contributed by atoms with Crippen LogP contribution in [0.4, 0.5) is 17.1 Å². The summed E-state index contributed by atoms with van der Waals surface area (Å²) in [6, 6.07) is 60.9. The zero-order valence-corrected chi connectivity index (χ0v) is 28.1. The van der Waals surface area contributed by atoms with Crippen LogP contribution in [0.3, 0.4) is 0 Å². The number of fused-ring (bicyclic) bond motifs is 5. The summed E-state index contributed by atoms with van der Waals surface area (Å²) in [5.41, 5.74) is 11.0. The molecule has 10 rings (SSSR count). The maximum absolute atomic E-state index is 6.46. The Morgan fingerprint density at radius 2 is 1.04 bits per heavy atom. The number of benzene rings is 7. The predicted octanol–water partition coefficient (Wildman–Crippen LogP) is 12.9. The van der Waals surface area contributed by atoms with E-state index in [2.05, 4.69) is 136 Å². The van der Waals surface area contributed by atoms with Gasteiger partial charge in [-0.15, -0.1) is 0 Å². The summed E-state index contributed by atoms with van der Waals surface area (Å²) in [7, 11) is 0. The number of ether oxygens (including phenoxy) is 2. The Kier molecular flexibility index (Phi) is 7.07. The molecule has 0 N–H and O–H groups in total. The number of hydrogen-bond donors (Lipinski definition) is 0. The smallest absolute Gasteiger partial charge is 0.152 e. The molecular formula is C47H31N3O2. The Hall–Kier alpha value is -7.11. The molecule has 0 atom stereocenters. The highest BCUT2D eigenvalue weighted by Crippen LogP contribution is 2.46. The summed E-state index contributed by atoms with van der Waals surface area (Å²) in [6.45, 7) is 0. The topological polar surface area (TPSA) is 39.5 Å². The van der Waals surface area contributed by atoms with Crippen LogP contribution in [-0.4, -0.2) is 9.55 Å². The number of pyridine rings is 1. The Morgan fingerprint density at radius 1 is 0.462 bits per heavy atom. The minimum atomic E-state index is 0.782. The summed E-state index contributed by atoms with van der Waals surface area (Å²) in [5.74, 6) is 3.32. The van der Waals surface area contributed by atoms with E-state index in [4.69, 9.17) is 9.47 Å². The van der Waals surface area contributed by atoms with E-state index in [0.29, 0.717) is 0 Å². The molecule has 0 aliphatic carbocycles. The van der Waals surface area contributed by atoms with Crippen LogP contribution >= 0.6 is 0 Å². The van der Waals surface area contributed by atoms with E-state index < -0.39 is 0 Å². The molecular weight excluding hydrogens is 639 g/mol. The first-order chi connectivity index (χ1) is 25.8. The highest BCUT2D eigenvalue weighted by atomic mass is 16.5. The average molecular weight is 670 g/mol. The van der Waals surface area contributed by atoms with Crippen LogP contribution in [0.5, 0.6) is 23.0 Å². The fraction of sp³-hybridized carbons (Fsp3) is 0. The van der Waals surface area contributed by atoms with E-state index in [0.717, 1.165) is 73.5 Å². The maximum atomic E-state index is 6.46. The van der Waals surface area contributed by atoms with Crippen LogP contribution < -0.4 is 14.4 Å². The molecule has 0 saturated heterocycles. The maximum Gasteiger partial charge on any atom is 0.152 e. The highest BCUT2D eigenvalue weighted by Gasteiger charge is 2.24. The lowest BCUT2D eigenvalue weighted by Gasteiger charge is -2.26. The lowest BCUT2D eigenvalue weighted by atomic mass is 10.0. The Morgan fingerprint density at radius 3 is 1.77 bits per heavy atom. The van der Waals surface area contributed by atoms with Crippen molar-refractivity contribution in [3.05, 3.63) is 188 Å². The molecule has 1 aliphatic heterocycles. The van der Waals surface area contributed by atoms with Crippen LogP contribution in [0.1, 0.15) is 0 Å². The van der Waals surface area contributed by atoms with Gasteiger partial charge in [0.1, 0.15) is 11.5 Å². The predicted molar refractivity (Wildman–Crippen MR) is 211 cm³/mol. The molecule has 5 heteroatoms. The second kappa shape index (κ2) is 12.3. The fourth-order valence-corrected chi connectivity index (χ4v) is 7.28. The van der Waals surface area contributed by atoms with Crippen LogP contribution in [0.15, 0.2) is 188 Å². The summed E-state index contributed by atoms with van der Waals surface area (Å²) >= 11 is 0. The number of anilines is 3. The van der Waals surface area contributed by atoms with E-state index in [1.165, 1.54) is 16.3 Å². The van der Waals surface area contributed by atoms with Gasteiger partial charge in [0.15, 0.2) is 11.5 Å². The zero-order chi connectivity index (χ0) is 34.4. The molecule has 3 heterocycles. The van der Waals surface area contributed by atoms with Crippen molar-refractivity contribution in [2.45, 2.75) is 0 Å². The van der Waals surface area contributed by atoms with E-state index in [-0.39, 0.29) is 0 Å². The van der Waals surface area contributed by atoms with Crippen LogP contribution in [0.2, 0.25) is 0 Å². The Bertz CT molecular complexity index is 2700. The van der Waals surface area contributed by atoms with Gasteiger partial charge >= 0.3 is 0 Å². The molecule has 246 valence electrons. The Balaban J connectivity index is 1.02. The number of para-hydroxylation sites is 3. The molecule has 7 aromatic carbocycles. The number of nitrogens with zero attached hydrogens (tertiary/aromatic N) is 3. The first-order valence-electron chi connectivity index (χ1n) is 17.4. The summed E-state index contributed by atoms with van der Waals surface area (Å²) in [6.07, 6.45) is 3.65. The van der Waals surface area contributed by atoms with Gasteiger partial charge in [-0.05, 0) is 119 Å². The molecule has 9 aromatic rings. The van der Waals surface area contributed by atoms with Gasteiger partial charge in [-0.25, -0.2) is 0 Å². The largest absolute Gasteiger partial charge is 0.457 e. The van der Waals surface area contributed by atoms with Gasteiger partial charge in [0.05, 0.1) is 16.7 Å². The quantitative estimate of drug-likeness (QED) is 0.169. The summed E-state index contributed by atoms with van der Waals surface area (Å²) < 4.78 is 14.9. The lowest BCUT2D eigenvalue weighted by Crippen LogP contribution is -2.09. The number of rotatable bonds is 7. The van der Waals surface area contributed by atoms with Gasteiger partial charge in [-0.3, -0.25) is 4.98 Å². The summed E-state index contributed by atoms with van der Waals surface area (Å²) in [4.78, 5) is 6.45. The summed E-state index contributed by atoms with van der Waals surface area (Å²) in [5, 5.41) is 2.42. The molecule has 5 nitrogen and oxygen atoms in total. The molecule has 0 unspecified atom stereocenters. The van der Waals surface area contributed by atoms with Gasteiger partial charge < -0.3 is 18.9 Å². The minimum Gasteiger partial charge on any atom is -0.457 e. The first-order valence-corrected chi connectivity index (χ1v) is 17.4. The van der Waals surface area contributed by atoms with Crippen molar-refractivity contribution in [3.63, 3.8) is 0 Å². The second-order valence-corrected chi connectivity index (χ2v) is 12.9. The van der Waals surface area contributed by atoms with Crippen molar-refractivity contribution < 1.29 is 9.47 Å². The van der Waals surface area contributed by atoms with Crippen molar-refractivity contribution in [3.8, 4) is 50.9 Å². The van der Waals surface area contributed by atoms with Crippen LogP contribution in [-0.2, 0) is 0 Å². The van der Waals surface area contributed by atoms with Gasteiger partial charge in [0.2, 0.25) is 0 Å². The van der Waals surface area contributed by atoms with E-state index >= 15 is 0 Å². The minimum absolute atomic E-state index is 0.782. The fourth-order valence-electron chi connectivity index (χ4n) is 7.28. The number of aromatic nitrogens is 2. The molecule has 1 aliphatic rings. The standard InChI is InChI=1S/C47H31N3O2/c1-2-7-39(8-3-1)51-40-24-22-38(23-25-40)49(36-18-13-32(14-19-36)34-27-29-48-30-28-34)37-20-15-33(16-21-37)35-17-26-45-44(31-35)50-43-11-5-4-9-41(43)42-10-6-12-46(52-45)47(42)50/h1-31H. The average Bonchev–Trinajstić information content (AvgIpc) is 3.56. The van der Waals surface area contributed by atoms with Gasteiger partial charge in [-0.1, -0.05) is 78.9 Å². The van der Waals surface area contributed by atoms with Crippen molar-refractivity contribution in [2.75, 3.05) is 4.90 Å². The third kappa shape index (κ3) is 5.15. The lowest BCUT2D eigenvalue weighted by molar-refractivity contribution is 0.476. The normalized spacial score (nSPS) is 11.6. The Labute approximate surface area is 301 Å². The van der Waals surface area contributed by atoms with Crippen molar-refractivity contribution in [2.24, 2.45) is 0 Å². The third-order valence-corrected chi connectivity index (χ3v) is 9.75. The molecule has 0 amide bonds. The molecule has 0 fully saturated rings. The van der Waals surface area contributed by atoms with Crippen LogP contribution in [0.25, 0.3) is 49.7 Å².